The molecule has 2 heterocycles. The van der Waals surface area contributed by atoms with Crippen LogP contribution in [0.1, 0.15) is 111 Å². The van der Waals surface area contributed by atoms with E-state index in [2.05, 4.69) is 5.32 Å². The molecule has 0 aromatic heterocycles. The number of benzene rings is 1. The third kappa shape index (κ3) is 7.73. The molecule has 1 unspecified atom stereocenters. The first-order valence-corrected chi connectivity index (χ1v) is 18.8. The summed E-state index contributed by atoms with van der Waals surface area (Å²) in [5.41, 5.74) is -5.78. The quantitative estimate of drug-likeness (QED) is 0.166. The Labute approximate surface area is 315 Å². The third-order valence-electron chi connectivity index (χ3n) is 12.4. The fourth-order valence-corrected chi connectivity index (χ4v) is 8.96. The molecule has 10 atom stereocenters. The van der Waals surface area contributed by atoms with E-state index >= 15 is 0 Å². The van der Waals surface area contributed by atoms with Crippen molar-refractivity contribution in [3.63, 3.8) is 0 Å². The van der Waals surface area contributed by atoms with Gasteiger partial charge in [0.2, 0.25) is 5.91 Å². The highest BCUT2D eigenvalue weighted by atomic mass is 16.6. The molecule has 3 fully saturated rings. The van der Waals surface area contributed by atoms with E-state index in [1.165, 1.54) is 27.7 Å². The standard InChI is InChI=1S/C40H55NO13/c1-22-26-19-40(50,37(4,5)31(22)33(46)35(48)38(6)20-39(54-24(3)42)21-51-28(39)18-27(38)43)23(2)52-30(45)17-13-8-7-12-16-29(44)41-32(34(47)36(49)53-26)25-14-10-9-11-15-25/h9-11,14-15,23,26-28,32-34,43,46-47,50H,7-8,12-13,16-21H2,1-6H3,(H,41,44)/t23-,26?,27-,28+,32-,33+,34+,38-,39-,40+/m0/s1. The monoisotopic (exact) mass is 757 g/mol. The van der Waals surface area contributed by atoms with E-state index in [1.54, 1.807) is 44.2 Å². The summed E-state index contributed by atoms with van der Waals surface area (Å²) in [5.74, 6) is -3.54. The summed E-state index contributed by atoms with van der Waals surface area (Å²) in [7, 11) is 0. The Kier molecular flexibility index (Phi) is 12.1. The molecule has 5 rings (SSSR count). The number of hydrogen-bond acceptors (Lipinski definition) is 13. The van der Waals surface area contributed by atoms with Gasteiger partial charge in [0.1, 0.15) is 30.0 Å². The van der Waals surface area contributed by atoms with Crippen molar-refractivity contribution >= 4 is 29.6 Å². The Bertz CT molecular complexity index is 1640. The molecule has 298 valence electrons. The summed E-state index contributed by atoms with van der Waals surface area (Å²) in [5, 5.41) is 50.3. The minimum absolute atomic E-state index is 0.00354. The van der Waals surface area contributed by atoms with Gasteiger partial charge in [0, 0.05) is 44.4 Å². The Morgan fingerprint density at radius 2 is 1.63 bits per heavy atom. The summed E-state index contributed by atoms with van der Waals surface area (Å²) in [6.45, 7) is 8.91. The van der Waals surface area contributed by atoms with Crippen LogP contribution in [0.4, 0.5) is 0 Å². The number of fused-ring (bicyclic) bond motifs is 3. The Balaban J connectivity index is 1.56. The number of nitrogens with one attached hydrogen (secondary N) is 1. The third-order valence-corrected chi connectivity index (χ3v) is 12.4. The SMILES string of the molecule is CC(=O)O[C@@]12CO[C@@H]1C[C@H](O)[C@@](C)(C(=O)[C@H](O)C1=C(C)C3C[C@@](O)([C@H](C)OC(=O)CCCCCCC(=O)N[C@@H](c4ccccc4)[C@@H](O)C(=O)O3)C1(C)C)C2. The van der Waals surface area contributed by atoms with Crippen molar-refractivity contribution in [3.8, 4) is 0 Å². The summed E-state index contributed by atoms with van der Waals surface area (Å²) >= 11 is 0. The van der Waals surface area contributed by atoms with Gasteiger partial charge >= 0.3 is 17.9 Å². The number of Topliss-reactive ketones (excluding diaryl/α,β-unsaturated/α-hetero) is 1. The number of hydrogen-bond donors (Lipinski definition) is 5. The Morgan fingerprint density at radius 3 is 2.24 bits per heavy atom. The Morgan fingerprint density at radius 1 is 0.981 bits per heavy atom. The van der Waals surface area contributed by atoms with Crippen LogP contribution >= 0.6 is 0 Å². The number of rotatable bonds is 5. The highest BCUT2D eigenvalue weighted by Crippen LogP contribution is 2.55. The van der Waals surface area contributed by atoms with Gasteiger partial charge in [-0.25, -0.2) is 4.79 Å². The average Bonchev–Trinajstić information content (AvgIpc) is 3.10. The molecule has 1 aromatic rings. The van der Waals surface area contributed by atoms with Crippen molar-refractivity contribution in [3.05, 3.63) is 47.0 Å². The summed E-state index contributed by atoms with van der Waals surface area (Å²) in [6, 6.07) is 7.27. The van der Waals surface area contributed by atoms with Gasteiger partial charge in [-0.05, 0) is 50.3 Å². The number of amides is 1. The smallest absolute Gasteiger partial charge is 0.338 e. The predicted octanol–water partition coefficient (Wildman–Crippen LogP) is 2.67. The lowest BCUT2D eigenvalue weighted by Crippen LogP contribution is -2.70. The molecule has 1 amide bonds. The van der Waals surface area contributed by atoms with Gasteiger partial charge in [0.25, 0.3) is 0 Å². The van der Waals surface area contributed by atoms with E-state index in [0.29, 0.717) is 31.2 Å². The predicted molar refractivity (Wildman–Crippen MR) is 191 cm³/mol. The first kappa shape index (κ1) is 41.5. The minimum atomic E-state index is -2.05. The van der Waals surface area contributed by atoms with E-state index < -0.39 is 94.3 Å². The number of aliphatic hydroxyl groups excluding tert-OH is 3. The molecule has 0 radical (unpaired) electrons. The number of aliphatic hydroxyl groups is 4. The molecular weight excluding hydrogens is 702 g/mol. The summed E-state index contributed by atoms with van der Waals surface area (Å²) in [6.07, 6.45) is -6.54. The maximum Gasteiger partial charge on any atom is 0.338 e. The van der Waals surface area contributed by atoms with Crippen molar-refractivity contribution < 1.29 is 63.3 Å². The zero-order chi connectivity index (χ0) is 39.8. The Hall–Kier alpha value is -3.69. The van der Waals surface area contributed by atoms with E-state index in [-0.39, 0.29) is 49.9 Å². The zero-order valence-electron chi connectivity index (χ0n) is 32.0. The van der Waals surface area contributed by atoms with Gasteiger partial charge in [0.05, 0.1) is 24.2 Å². The minimum Gasteiger partial charge on any atom is -0.460 e. The second-order valence-corrected chi connectivity index (χ2v) is 16.3. The van der Waals surface area contributed by atoms with Gasteiger partial charge in [-0.3, -0.25) is 19.2 Å². The maximum atomic E-state index is 14.6. The molecular formula is C40H55NO13. The molecule has 2 aliphatic carbocycles. The van der Waals surface area contributed by atoms with Crippen LogP contribution < -0.4 is 5.32 Å². The first-order valence-electron chi connectivity index (χ1n) is 18.8. The van der Waals surface area contributed by atoms with Crippen molar-refractivity contribution in [2.75, 3.05) is 6.61 Å². The summed E-state index contributed by atoms with van der Waals surface area (Å²) in [4.78, 5) is 66.6. The van der Waals surface area contributed by atoms with Crippen molar-refractivity contribution in [2.45, 2.75) is 153 Å². The van der Waals surface area contributed by atoms with Gasteiger partial charge in [-0.1, -0.05) is 57.0 Å². The number of ketones is 1. The lowest BCUT2D eigenvalue weighted by atomic mass is 9.55. The molecule has 0 spiro atoms. The van der Waals surface area contributed by atoms with Crippen LogP contribution in [0.15, 0.2) is 41.5 Å². The number of carbonyl (C=O) groups excluding carboxylic acids is 5. The van der Waals surface area contributed by atoms with Crippen LogP contribution in [0.2, 0.25) is 0 Å². The van der Waals surface area contributed by atoms with Crippen LogP contribution in [-0.2, 0) is 42.9 Å². The summed E-state index contributed by atoms with van der Waals surface area (Å²) < 4.78 is 22.9. The van der Waals surface area contributed by atoms with Crippen LogP contribution in [0.5, 0.6) is 0 Å². The highest BCUT2D eigenvalue weighted by Gasteiger charge is 2.65. The topological polar surface area (TPSA) is 215 Å². The molecule has 2 aliphatic heterocycles. The van der Waals surface area contributed by atoms with Crippen LogP contribution in [0.25, 0.3) is 0 Å². The molecule has 14 heteroatoms. The molecule has 4 aliphatic rings. The largest absolute Gasteiger partial charge is 0.460 e. The molecule has 1 aromatic carbocycles. The van der Waals surface area contributed by atoms with Crippen molar-refractivity contribution in [2.24, 2.45) is 10.8 Å². The molecule has 2 bridgehead atoms. The number of cyclic esters (lactones) is 1. The van der Waals surface area contributed by atoms with E-state index in [0.717, 1.165) is 0 Å². The lowest BCUT2D eigenvalue weighted by Gasteiger charge is -2.57. The van der Waals surface area contributed by atoms with Gasteiger partial charge in [0.15, 0.2) is 17.5 Å². The second-order valence-electron chi connectivity index (χ2n) is 16.3. The lowest BCUT2D eigenvalue weighted by molar-refractivity contribution is -0.291. The second kappa shape index (κ2) is 15.8. The normalized spacial score (nSPS) is 37.2. The van der Waals surface area contributed by atoms with Crippen molar-refractivity contribution in [1.82, 2.24) is 5.32 Å². The van der Waals surface area contributed by atoms with E-state index in [4.69, 9.17) is 18.9 Å². The molecule has 54 heavy (non-hydrogen) atoms. The van der Waals surface area contributed by atoms with Gasteiger partial charge in [-0.15, -0.1) is 0 Å². The molecule has 5 N–H and O–H groups in total. The van der Waals surface area contributed by atoms with E-state index in [1.807, 2.05) is 0 Å². The van der Waals surface area contributed by atoms with Crippen molar-refractivity contribution in [1.29, 1.82) is 0 Å². The molecule has 14 nitrogen and oxygen atoms in total. The fourth-order valence-electron chi connectivity index (χ4n) is 8.96. The number of esters is 3. The maximum absolute atomic E-state index is 14.6. The highest BCUT2D eigenvalue weighted by molar-refractivity contribution is 5.92. The molecule has 1 saturated carbocycles. The van der Waals surface area contributed by atoms with Crippen LogP contribution in [0.3, 0.4) is 0 Å². The number of ether oxygens (including phenoxy) is 4. The fraction of sp³-hybridized carbons (Fsp3) is 0.675. The van der Waals surface area contributed by atoms with Crippen LogP contribution in [-0.4, -0.2) is 104 Å². The molecule has 2 saturated heterocycles. The number of carbonyl (C=O) groups is 5. The zero-order valence-corrected chi connectivity index (χ0v) is 32.0. The van der Waals surface area contributed by atoms with E-state index in [9.17, 15) is 44.4 Å². The first-order chi connectivity index (χ1) is 25.3. The van der Waals surface area contributed by atoms with Gasteiger partial charge in [-0.2, -0.15) is 0 Å². The average molecular weight is 758 g/mol. The van der Waals surface area contributed by atoms with Crippen LogP contribution in [0, 0.1) is 10.8 Å². The van der Waals surface area contributed by atoms with Gasteiger partial charge < -0.3 is 44.7 Å².